The molecule has 0 heterocycles. The number of benzene rings is 2. The van der Waals surface area contributed by atoms with Gasteiger partial charge in [0.2, 0.25) is 0 Å². The lowest BCUT2D eigenvalue weighted by molar-refractivity contribution is -0.247. The van der Waals surface area contributed by atoms with E-state index in [-0.39, 0.29) is 44.7 Å². The summed E-state index contributed by atoms with van der Waals surface area (Å²) in [4.78, 5) is 15.6. The quantitative estimate of drug-likeness (QED) is 0.250. The molecule has 50 heavy (non-hydrogen) atoms. The summed E-state index contributed by atoms with van der Waals surface area (Å²) in [7, 11) is -3.06. The number of hydrogen-bond donors (Lipinski definition) is 1. The monoisotopic (exact) mass is 694 g/mol. The molecular formula is C46H66O3Si. The van der Waals surface area contributed by atoms with E-state index in [1.807, 2.05) is 0 Å². The van der Waals surface area contributed by atoms with Gasteiger partial charge in [-0.3, -0.25) is 4.79 Å². The molecule has 0 radical (unpaired) electrons. The molecule has 5 fully saturated rings. The van der Waals surface area contributed by atoms with Gasteiger partial charge >= 0.3 is 8.32 Å². The maximum atomic E-state index is 15.6. The third-order valence-corrected chi connectivity index (χ3v) is 22.0. The van der Waals surface area contributed by atoms with Crippen LogP contribution in [0.2, 0.25) is 5.04 Å². The molecule has 0 aliphatic heterocycles. The van der Waals surface area contributed by atoms with Crippen LogP contribution in [-0.4, -0.2) is 25.5 Å². The highest BCUT2D eigenvalue weighted by Gasteiger charge is 2.72. The predicted octanol–water partition coefficient (Wildman–Crippen LogP) is 10.1. The van der Waals surface area contributed by atoms with Crippen LogP contribution in [0.3, 0.4) is 0 Å². The number of fused-ring (bicyclic) bond motifs is 7. The predicted molar refractivity (Wildman–Crippen MR) is 209 cm³/mol. The van der Waals surface area contributed by atoms with Gasteiger partial charge in [0.05, 0.1) is 11.5 Å². The standard InChI is InChI=1S/C46H66O3Si/c1-31(2)34-23-28-46(40(48)49-50(41(3,4)5,32-17-13-11-14-18-32)33-19-15-12-16-20-33)30-29-44(9)35(39(34)46)21-22-37-43(8)26-25-38(47)42(6,7)36(43)24-27-45(37,44)10/h11-20,34-39,47H,1,21-30H2,2-10H3/t34-,35+,36-,37+,38-,39+,43-,44+,45+,46-/m0/s1. The summed E-state index contributed by atoms with van der Waals surface area (Å²) in [5.41, 5.74) is 1.32. The molecule has 0 saturated heterocycles. The first kappa shape index (κ1) is 36.2. The van der Waals surface area contributed by atoms with Crippen molar-refractivity contribution in [2.24, 2.45) is 56.7 Å². The topological polar surface area (TPSA) is 46.5 Å². The average Bonchev–Trinajstić information content (AvgIpc) is 3.47. The molecule has 5 saturated carbocycles. The van der Waals surface area contributed by atoms with Crippen molar-refractivity contribution in [1.29, 1.82) is 0 Å². The van der Waals surface area contributed by atoms with Crippen molar-refractivity contribution in [2.45, 2.75) is 138 Å². The second kappa shape index (κ2) is 11.9. The van der Waals surface area contributed by atoms with E-state index in [9.17, 15) is 5.11 Å². The second-order valence-electron chi connectivity index (χ2n) is 20.3. The number of hydrogen-bond acceptors (Lipinski definition) is 3. The Morgan fingerprint density at radius 1 is 0.760 bits per heavy atom. The molecule has 2 aromatic carbocycles. The van der Waals surface area contributed by atoms with E-state index in [1.165, 1.54) is 41.6 Å². The molecule has 0 amide bonds. The highest BCUT2D eigenvalue weighted by Crippen LogP contribution is 2.77. The minimum atomic E-state index is -3.06. The third kappa shape index (κ3) is 4.78. The molecule has 0 spiro atoms. The number of aliphatic hydroxyl groups is 1. The molecule has 4 heteroatoms. The van der Waals surface area contributed by atoms with Crippen LogP contribution in [0.4, 0.5) is 0 Å². The minimum absolute atomic E-state index is 0.0466. The molecule has 0 unspecified atom stereocenters. The van der Waals surface area contributed by atoms with Crippen molar-refractivity contribution in [3.8, 4) is 0 Å². The first-order valence-electron chi connectivity index (χ1n) is 20.1. The first-order valence-corrected chi connectivity index (χ1v) is 22.0. The van der Waals surface area contributed by atoms with Crippen LogP contribution in [-0.2, 0) is 9.22 Å². The van der Waals surface area contributed by atoms with Gasteiger partial charge in [-0.15, -0.1) is 0 Å². The summed E-state index contributed by atoms with van der Waals surface area (Å²) < 4.78 is 7.46. The van der Waals surface area contributed by atoms with Crippen molar-refractivity contribution in [1.82, 2.24) is 0 Å². The Morgan fingerprint density at radius 2 is 1.36 bits per heavy atom. The van der Waals surface area contributed by atoms with Crippen LogP contribution >= 0.6 is 0 Å². The summed E-state index contributed by atoms with van der Waals surface area (Å²) in [6, 6.07) is 21.4. The molecular weight excluding hydrogens is 629 g/mol. The van der Waals surface area contributed by atoms with Crippen molar-refractivity contribution < 1.29 is 14.3 Å². The summed E-state index contributed by atoms with van der Waals surface area (Å²) in [6.45, 7) is 26.3. The smallest absolute Gasteiger partial charge is 0.323 e. The van der Waals surface area contributed by atoms with Crippen molar-refractivity contribution >= 4 is 24.7 Å². The van der Waals surface area contributed by atoms with Crippen molar-refractivity contribution in [3.63, 3.8) is 0 Å². The Labute approximate surface area is 305 Å². The molecule has 2 aromatic rings. The lowest BCUT2D eigenvalue weighted by atomic mass is 9.32. The molecule has 5 aliphatic rings. The Balaban J connectivity index is 1.30. The number of carbonyl (C=O) groups excluding carboxylic acids is 1. The number of carbonyl (C=O) groups is 1. The summed E-state index contributed by atoms with van der Waals surface area (Å²) >= 11 is 0. The average molecular weight is 695 g/mol. The van der Waals surface area contributed by atoms with Gasteiger partial charge in [-0.2, -0.15) is 0 Å². The van der Waals surface area contributed by atoms with Crippen LogP contribution in [0.25, 0.3) is 0 Å². The zero-order valence-corrected chi connectivity index (χ0v) is 33.8. The van der Waals surface area contributed by atoms with Crippen LogP contribution < -0.4 is 10.4 Å². The zero-order valence-electron chi connectivity index (χ0n) is 32.8. The first-order chi connectivity index (χ1) is 23.4. The Kier molecular flexibility index (Phi) is 8.63. The van der Waals surface area contributed by atoms with Crippen LogP contribution in [0, 0.1) is 56.7 Å². The number of rotatable bonds is 5. The van der Waals surface area contributed by atoms with Gasteiger partial charge in [0, 0.05) is 0 Å². The lowest BCUT2D eigenvalue weighted by Gasteiger charge is -2.72. The highest BCUT2D eigenvalue weighted by molar-refractivity contribution is 7.00. The highest BCUT2D eigenvalue weighted by atomic mass is 28.4. The van der Waals surface area contributed by atoms with E-state index in [2.05, 4.69) is 130 Å². The molecule has 1 N–H and O–H groups in total. The van der Waals surface area contributed by atoms with Crippen LogP contribution in [0.5, 0.6) is 0 Å². The zero-order chi connectivity index (χ0) is 36.1. The van der Waals surface area contributed by atoms with E-state index in [0.29, 0.717) is 23.7 Å². The molecule has 272 valence electrons. The van der Waals surface area contributed by atoms with E-state index in [0.717, 1.165) is 38.5 Å². The Morgan fingerprint density at radius 3 is 1.92 bits per heavy atom. The molecule has 5 aliphatic carbocycles. The van der Waals surface area contributed by atoms with E-state index < -0.39 is 13.7 Å². The largest absolute Gasteiger partial charge is 0.509 e. The van der Waals surface area contributed by atoms with Crippen LogP contribution in [0.1, 0.15) is 127 Å². The molecule has 3 nitrogen and oxygen atoms in total. The van der Waals surface area contributed by atoms with Gasteiger partial charge in [-0.25, -0.2) is 0 Å². The Hall–Kier alpha value is -2.17. The van der Waals surface area contributed by atoms with Gasteiger partial charge in [0.25, 0.3) is 5.97 Å². The molecule has 7 rings (SSSR count). The van der Waals surface area contributed by atoms with Gasteiger partial charge < -0.3 is 9.53 Å². The molecule has 0 aromatic heterocycles. The molecule has 10 atom stereocenters. The maximum Gasteiger partial charge on any atom is 0.323 e. The number of aliphatic hydroxyl groups excluding tert-OH is 1. The maximum absolute atomic E-state index is 15.6. The fraction of sp³-hybridized carbons (Fsp3) is 0.674. The third-order valence-electron chi connectivity index (χ3n) is 17.1. The van der Waals surface area contributed by atoms with Crippen molar-refractivity contribution in [3.05, 3.63) is 72.8 Å². The van der Waals surface area contributed by atoms with Gasteiger partial charge in [-0.1, -0.05) is 128 Å². The normalized spacial score (nSPS) is 40.8. The van der Waals surface area contributed by atoms with Crippen molar-refractivity contribution in [2.75, 3.05) is 0 Å². The number of allylic oxidation sites excluding steroid dienone is 1. The Bertz CT molecular complexity index is 1570. The summed E-state index contributed by atoms with van der Waals surface area (Å²) in [5.74, 6) is 2.35. The SMILES string of the molecule is C=C(C)[C@@H]1CC[C@]2(C(=O)O[Si](c3ccccc3)(c3ccccc3)C(C)(C)C)CC[C@]3(C)[C@H](CC[C@@H]4[C@@]5(C)CC[C@H](O)C(C)(C)[C@@H]5CC[C@]43C)[C@@H]12. The van der Waals surface area contributed by atoms with Gasteiger partial charge in [0.1, 0.15) is 0 Å². The lowest BCUT2D eigenvalue weighted by Crippen LogP contribution is -2.70. The fourth-order valence-corrected chi connectivity index (χ4v) is 18.8. The van der Waals surface area contributed by atoms with E-state index >= 15 is 4.79 Å². The van der Waals surface area contributed by atoms with E-state index in [1.54, 1.807) is 0 Å². The second-order valence-corrected chi connectivity index (χ2v) is 24.5. The molecule has 0 bridgehead atoms. The fourth-order valence-electron chi connectivity index (χ4n) is 14.4. The summed E-state index contributed by atoms with van der Waals surface area (Å²) in [5, 5.41) is 13.3. The van der Waals surface area contributed by atoms with Gasteiger partial charge in [-0.05, 0) is 138 Å². The minimum Gasteiger partial charge on any atom is -0.509 e. The van der Waals surface area contributed by atoms with E-state index in [4.69, 9.17) is 4.43 Å². The van der Waals surface area contributed by atoms with Gasteiger partial charge in [0.15, 0.2) is 0 Å². The summed E-state index contributed by atoms with van der Waals surface area (Å²) in [6.07, 6.45) is 10.6. The van der Waals surface area contributed by atoms with Crippen LogP contribution in [0.15, 0.2) is 72.8 Å².